The topological polar surface area (TPSA) is 23.6 Å². The average Bonchev–Trinajstić information content (AvgIpc) is 2.46. The predicted octanol–water partition coefficient (Wildman–Crippen LogP) is 3.57. The van der Waals surface area contributed by atoms with E-state index >= 15 is 0 Å². The maximum absolute atomic E-state index is 11.8. The van der Waals surface area contributed by atoms with Crippen molar-refractivity contribution in [1.82, 2.24) is 4.90 Å². The highest BCUT2D eigenvalue weighted by Gasteiger charge is 2.24. The zero-order valence-electron chi connectivity index (χ0n) is 12.5. The number of anilines is 1. The Balaban J connectivity index is 2.18. The molecule has 1 fully saturated rings. The minimum Gasteiger partial charge on any atom is -0.371 e. The highest BCUT2D eigenvalue weighted by Crippen LogP contribution is 2.29. The van der Waals surface area contributed by atoms with E-state index in [1.807, 2.05) is 12.1 Å². The van der Waals surface area contributed by atoms with E-state index in [4.69, 9.17) is 0 Å². The summed E-state index contributed by atoms with van der Waals surface area (Å²) in [4.78, 5) is 16.6. The molecule has 1 aromatic carbocycles. The van der Waals surface area contributed by atoms with Crippen LogP contribution in [0.4, 0.5) is 5.69 Å². The molecule has 4 heteroatoms. The number of carbonyl (C=O) groups excluding carboxylic acids is 1. The van der Waals surface area contributed by atoms with Crippen LogP contribution in [0.1, 0.15) is 37.0 Å². The highest BCUT2D eigenvalue weighted by atomic mass is 79.9. The van der Waals surface area contributed by atoms with Crippen LogP contribution in [0.3, 0.4) is 0 Å². The third-order valence-electron chi connectivity index (χ3n) is 4.27. The van der Waals surface area contributed by atoms with Gasteiger partial charge in [0.05, 0.1) is 0 Å². The molecule has 1 aromatic rings. The summed E-state index contributed by atoms with van der Waals surface area (Å²) in [7, 11) is 2.11. The largest absolute Gasteiger partial charge is 0.371 e. The molecule has 0 N–H and O–H groups in total. The molecule has 2 rings (SSSR count). The summed E-state index contributed by atoms with van der Waals surface area (Å²) in [6.45, 7) is 7.28. The van der Waals surface area contributed by atoms with E-state index in [9.17, 15) is 4.79 Å². The van der Waals surface area contributed by atoms with Gasteiger partial charge in [-0.05, 0) is 44.5 Å². The molecule has 110 valence electrons. The molecular formula is C16H23BrN2O. The molecular weight excluding hydrogens is 316 g/mol. The van der Waals surface area contributed by atoms with Crippen LogP contribution < -0.4 is 4.90 Å². The Morgan fingerprint density at radius 3 is 2.60 bits per heavy atom. The molecule has 0 bridgehead atoms. The van der Waals surface area contributed by atoms with Crippen LogP contribution in [-0.4, -0.2) is 43.4 Å². The molecule has 1 aliphatic heterocycles. The second-order valence-corrected chi connectivity index (χ2v) is 6.41. The second kappa shape index (κ2) is 6.72. The Kier molecular flexibility index (Phi) is 5.22. The number of benzene rings is 1. The highest BCUT2D eigenvalue weighted by molar-refractivity contribution is 9.10. The molecule has 0 aromatic heterocycles. The fraction of sp³-hybridized carbons (Fsp3) is 0.562. The first kappa shape index (κ1) is 15.5. The first-order valence-electron chi connectivity index (χ1n) is 7.28. The Bertz CT molecular complexity index is 481. The first-order chi connectivity index (χ1) is 9.52. The van der Waals surface area contributed by atoms with Crippen molar-refractivity contribution in [2.75, 3.05) is 31.6 Å². The molecule has 1 heterocycles. The van der Waals surface area contributed by atoms with Gasteiger partial charge in [0.1, 0.15) is 0 Å². The molecule has 20 heavy (non-hydrogen) atoms. The molecule has 1 aliphatic rings. The van der Waals surface area contributed by atoms with Crippen LogP contribution >= 0.6 is 15.9 Å². The lowest BCUT2D eigenvalue weighted by atomic mass is 10.0. The molecule has 3 nitrogen and oxygen atoms in total. The lowest BCUT2D eigenvalue weighted by Crippen LogP contribution is -2.43. The predicted molar refractivity (Wildman–Crippen MR) is 87.7 cm³/mol. The van der Waals surface area contributed by atoms with E-state index in [0.717, 1.165) is 48.2 Å². The molecule has 0 spiro atoms. The summed E-state index contributed by atoms with van der Waals surface area (Å²) >= 11 is 3.51. The van der Waals surface area contributed by atoms with Crippen molar-refractivity contribution in [3.8, 4) is 0 Å². The van der Waals surface area contributed by atoms with Gasteiger partial charge < -0.3 is 9.80 Å². The molecule has 0 atom stereocenters. The number of carbonyl (C=O) groups is 1. The summed E-state index contributed by atoms with van der Waals surface area (Å²) in [6.07, 6.45) is 2.32. The van der Waals surface area contributed by atoms with E-state index in [1.54, 1.807) is 6.92 Å². The van der Waals surface area contributed by atoms with Crippen molar-refractivity contribution in [1.29, 1.82) is 0 Å². The zero-order chi connectivity index (χ0) is 14.7. The van der Waals surface area contributed by atoms with E-state index in [1.165, 1.54) is 0 Å². The number of hydrogen-bond acceptors (Lipinski definition) is 3. The van der Waals surface area contributed by atoms with E-state index in [2.05, 4.69) is 45.8 Å². The number of hydrogen-bond donors (Lipinski definition) is 0. The van der Waals surface area contributed by atoms with Crippen molar-refractivity contribution in [2.45, 2.75) is 32.7 Å². The van der Waals surface area contributed by atoms with Crippen LogP contribution in [0.2, 0.25) is 0 Å². The third-order valence-corrected chi connectivity index (χ3v) is 4.76. The summed E-state index contributed by atoms with van der Waals surface area (Å²) < 4.78 is 1.02. The van der Waals surface area contributed by atoms with Gasteiger partial charge in [0, 0.05) is 41.9 Å². The van der Waals surface area contributed by atoms with Gasteiger partial charge in [-0.1, -0.05) is 22.9 Å². The summed E-state index contributed by atoms with van der Waals surface area (Å²) in [5.74, 6) is 0.130. The molecule has 0 saturated carbocycles. The van der Waals surface area contributed by atoms with Crippen LogP contribution in [0.15, 0.2) is 22.7 Å². The SMILES string of the molecule is CCN1CCC(N(C)c2cc(Br)ccc2C(C)=O)CC1. The average molecular weight is 339 g/mol. The van der Waals surface area contributed by atoms with E-state index in [0.29, 0.717) is 6.04 Å². The summed E-state index contributed by atoms with van der Waals surface area (Å²) in [5.41, 5.74) is 1.86. The molecule has 0 unspecified atom stereocenters. The van der Waals surface area contributed by atoms with Gasteiger partial charge in [-0.2, -0.15) is 0 Å². The Morgan fingerprint density at radius 2 is 2.05 bits per heavy atom. The Labute approximate surface area is 130 Å². The normalized spacial score (nSPS) is 17.2. The third kappa shape index (κ3) is 3.41. The number of rotatable bonds is 4. The fourth-order valence-corrected chi connectivity index (χ4v) is 3.26. The van der Waals surface area contributed by atoms with Crippen LogP contribution in [0.25, 0.3) is 0 Å². The number of nitrogens with zero attached hydrogens (tertiary/aromatic N) is 2. The molecule has 0 aliphatic carbocycles. The number of halogens is 1. The second-order valence-electron chi connectivity index (χ2n) is 5.49. The quantitative estimate of drug-likeness (QED) is 0.784. The van der Waals surface area contributed by atoms with Crippen molar-refractivity contribution in [3.63, 3.8) is 0 Å². The molecule has 1 saturated heterocycles. The zero-order valence-corrected chi connectivity index (χ0v) is 14.1. The van der Waals surface area contributed by atoms with Crippen LogP contribution in [-0.2, 0) is 0 Å². The minimum atomic E-state index is 0.130. The fourth-order valence-electron chi connectivity index (χ4n) is 2.91. The maximum atomic E-state index is 11.8. The monoisotopic (exact) mass is 338 g/mol. The summed E-state index contributed by atoms with van der Waals surface area (Å²) in [5, 5.41) is 0. The lowest BCUT2D eigenvalue weighted by molar-refractivity contribution is 0.101. The van der Waals surface area contributed by atoms with Gasteiger partial charge in [-0.15, -0.1) is 0 Å². The Morgan fingerprint density at radius 1 is 1.40 bits per heavy atom. The van der Waals surface area contributed by atoms with Gasteiger partial charge in [0.15, 0.2) is 5.78 Å². The minimum absolute atomic E-state index is 0.130. The van der Waals surface area contributed by atoms with Crippen molar-refractivity contribution in [2.24, 2.45) is 0 Å². The molecule has 0 radical (unpaired) electrons. The van der Waals surface area contributed by atoms with Gasteiger partial charge in [-0.3, -0.25) is 4.79 Å². The van der Waals surface area contributed by atoms with Gasteiger partial charge in [-0.25, -0.2) is 0 Å². The van der Waals surface area contributed by atoms with Crippen molar-refractivity contribution >= 4 is 27.4 Å². The van der Waals surface area contributed by atoms with Gasteiger partial charge >= 0.3 is 0 Å². The maximum Gasteiger partial charge on any atom is 0.161 e. The molecule has 0 amide bonds. The van der Waals surface area contributed by atoms with Crippen LogP contribution in [0, 0.1) is 0 Å². The van der Waals surface area contributed by atoms with E-state index in [-0.39, 0.29) is 5.78 Å². The lowest BCUT2D eigenvalue weighted by Gasteiger charge is -2.38. The number of piperidine rings is 1. The number of ketones is 1. The smallest absolute Gasteiger partial charge is 0.161 e. The van der Waals surface area contributed by atoms with E-state index < -0.39 is 0 Å². The first-order valence-corrected chi connectivity index (χ1v) is 8.08. The summed E-state index contributed by atoms with van der Waals surface area (Å²) in [6, 6.07) is 6.43. The number of likely N-dealkylation sites (tertiary alicyclic amines) is 1. The van der Waals surface area contributed by atoms with Crippen LogP contribution in [0.5, 0.6) is 0 Å². The van der Waals surface area contributed by atoms with Crippen molar-refractivity contribution in [3.05, 3.63) is 28.2 Å². The van der Waals surface area contributed by atoms with Gasteiger partial charge in [0.25, 0.3) is 0 Å². The number of Topliss-reactive ketones (excluding diaryl/α,β-unsaturated/α-hetero) is 1. The van der Waals surface area contributed by atoms with Crippen molar-refractivity contribution < 1.29 is 4.79 Å². The van der Waals surface area contributed by atoms with Gasteiger partial charge in [0.2, 0.25) is 0 Å². The Hall–Kier alpha value is -0.870. The standard InChI is InChI=1S/C16H23BrN2O/c1-4-19-9-7-14(8-10-19)18(3)16-11-13(17)5-6-15(16)12(2)20/h5-6,11,14H,4,7-10H2,1-3H3.